The maximum absolute atomic E-state index is 2.47. The highest BCUT2D eigenvalue weighted by molar-refractivity contribution is 5.38. The minimum Gasteiger partial charge on any atom is -0.0713 e. The Bertz CT molecular complexity index is 232. The molecule has 13 heavy (non-hydrogen) atoms. The lowest BCUT2D eigenvalue weighted by molar-refractivity contribution is 0.452. The Morgan fingerprint density at radius 3 is 2.46 bits per heavy atom. The van der Waals surface area contributed by atoms with Crippen LogP contribution in [0, 0.1) is 5.41 Å². The Morgan fingerprint density at radius 2 is 2.00 bits per heavy atom. The first kappa shape index (κ1) is 10.6. The SMILES string of the molecule is CCCCC1(C)C=C(CC)C=C1C. The summed E-state index contributed by atoms with van der Waals surface area (Å²) in [6.07, 6.45) is 9.98. The molecular formula is C13H22. The van der Waals surface area contributed by atoms with Crippen molar-refractivity contribution in [3.05, 3.63) is 23.3 Å². The van der Waals surface area contributed by atoms with Gasteiger partial charge in [0.2, 0.25) is 0 Å². The highest BCUT2D eigenvalue weighted by atomic mass is 14.3. The van der Waals surface area contributed by atoms with Crippen LogP contribution in [0.4, 0.5) is 0 Å². The molecule has 0 bridgehead atoms. The zero-order chi connectivity index (χ0) is 9.90. The summed E-state index contributed by atoms with van der Waals surface area (Å²) in [7, 11) is 0. The van der Waals surface area contributed by atoms with Crippen LogP contribution in [-0.2, 0) is 0 Å². The zero-order valence-electron chi connectivity index (χ0n) is 9.48. The maximum Gasteiger partial charge on any atom is 0.00687 e. The molecule has 0 fully saturated rings. The summed E-state index contributed by atoms with van der Waals surface area (Å²) in [6.45, 7) is 9.15. The van der Waals surface area contributed by atoms with Gasteiger partial charge < -0.3 is 0 Å². The minimum atomic E-state index is 0.376. The van der Waals surface area contributed by atoms with Crippen molar-refractivity contribution in [3.63, 3.8) is 0 Å². The van der Waals surface area contributed by atoms with Crippen LogP contribution >= 0.6 is 0 Å². The van der Waals surface area contributed by atoms with Crippen LogP contribution in [0.2, 0.25) is 0 Å². The molecule has 1 atom stereocenters. The molecule has 1 aliphatic rings. The molecule has 1 aliphatic carbocycles. The minimum absolute atomic E-state index is 0.376. The summed E-state index contributed by atoms with van der Waals surface area (Å²) in [4.78, 5) is 0. The molecule has 0 saturated carbocycles. The van der Waals surface area contributed by atoms with Gasteiger partial charge in [-0.25, -0.2) is 0 Å². The molecule has 1 unspecified atom stereocenters. The van der Waals surface area contributed by atoms with E-state index in [1.165, 1.54) is 31.3 Å². The predicted molar refractivity (Wildman–Crippen MR) is 59.8 cm³/mol. The number of unbranched alkanes of at least 4 members (excludes halogenated alkanes) is 1. The Balaban J connectivity index is 2.69. The Hall–Kier alpha value is -0.520. The van der Waals surface area contributed by atoms with Crippen molar-refractivity contribution in [2.75, 3.05) is 0 Å². The van der Waals surface area contributed by atoms with E-state index in [9.17, 15) is 0 Å². The van der Waals surface area contributed by atoms with Crippen LogP contribution in [-0.4, -0.2) is 0 Å². The van der Waals surface area contributed by atoms with E-state index in [0.29, 0.717) is 5.41 Å². The molecule has 0 heteroatoms. The molecule has 0 radical (unpaired) electrons. The van der Waals surface area contributed by atoms with Crippen molar-refractivity contribution in [2.45, 2.75) is 53.4 Å². The molecule has 0 aromatic carbocycles. The third-order valence-corrected chi connectivity index (χ3v) is 3.26. The fourth-order valence-corrected chi connectivity index (χ4v) is 2.03. The third-order valence-electron chi connectivity index (χ3n) is 3.26. The first-order valence-corrected chi connectivity index (χ1v) is 5.53. The van der Waals surface area contributed by atoms with Crippen molar-refractivity contribution >= 4 is 0 Å². The zero-order valence-corrected chi connectivity index (χ0v) is 9.48. The van der Waals surface area contributed by atoms with E-state index < -0.39 is 0 Å². The molecule has 0 N–H and O–H groups in total. The number of rotatable bonds is 4. The standard InChI is InChI=1S/C13H22/c1-5-7-8-13(4)10-12(6-2)9-11(13)3/h9-10H,5-8H2,1-4H3. The molecule has 0 spiro atoms. The Morgan fingerprint density at radius 1 is 1.31 bits per heavy atom. The van der Waals surface area contributed by atoms with Gasteiger partial charge >= 0.3 is 0 Å². The number of hydrogen-bond donors (Lipinski definition) is 0. The smallest absolute Gasteiger partial charge is 0.00687 e. The van der Waals surface area contributed by atoms with Gasteiger partial charge in [-0.2, -0.15) is 0 Å². The monoisotopic (exact) mass is 178 g/mol. The summed E-state index contributed by atoms with van der Waals surface area (Å²) >= 11 is 0. The van der Waals surface area contributed by atoms with Gasteiger partial charge in [0.05, 0.1) is 0 Å². The normalized spacial score (nSPS) is 27.4. The van der Waals surface area contributed by atoms with E-state index in [2.05, 4.69) is 39.8 Å². The molecule has 0 aliphatic heterocycles. The van der Waals surface area contributed by atoms with Crippen molar-refractivity contribution in [1.82, 2.24) is 0 Å². The lowest BCUT2D eigenvalue weighted by Crippen LogP contribution is -2.11. The number of hydrogen-bond acceptors (Lipinski definition) is 0. The second-order valence-electron chi connectivity index (χ2n) is 4.42. The summed E-state index contributed by atoms with van der Waals surface area (Å²) in [5.74, 6) is 0. The second kappa shape index (κ2) is 4.13. The van der Waals surface area contributed by atoms with Gasteiger partial charge in [-0.15, -0.1) is 0 Å². The average Bonchev–Trinajstić information content (AvgIpc) is 2.40. The molecule has 0 aromatic rings. The summed E-state index contributed by atoms with van der Waals surface area (Å²) in [6, 6.07) is 0. The Kier molecular flexibility index (Phi) is 3.35. The van der Waals surface area contributed by atoms with E-state index in [0.717, 1.165) is 0 Å². The lowest BCUT2D eigenvalue weighted by Gasteiger charge is -2.23. The van der Waals surface area contributed by atoms with Crippen LogP contribution < -0.4 is 0 Å². The van der Waals surface area contributed by atoms with Gasteiger partial charge in [-0.1, -0.05) is 56.9 Å². The van der Waals surface area contributed by atoms with Gasteiger partial charge in [-0.05, 0) is 19.8 Å². The Labute approximate surface area is 82.7 Å². The van der Waals surface area contributed by atoms with Gasteiger partial charge in [-0.3, -0.25) is 0 Å². The van der Waals surface area contributed by atoms with Crippen molar-refractivity contribution in [1.29, 1.82) is 0 Å². The molecule has 0 heterocycles. The van der Waals surface area contributed by atoms with E-state index in [-0.39, 0.29) is 0 Å². The van der Waals surface area contributed by atoms with Crippen molar-refractivity contribution in [3.8, 4) is 0 Å². The average molecular weight is 178 g/mol. The molecule has 1 rings (SSSR count). The molecule has 0 saturated heterocycles. The van der Waals surface area contributed by atoms with E-state index in [1.807, 2.05) is 0 Å². The fraction of sp³-hybridized carbons (Fsp3) is 0.692. The molecular weight excluding hydrogens is 156 g/mol. The highest BCUT2D eigenvalue weighted by Crippen LogP contribution is 2.41. The third kappa shape index (κ3) is 2.24. The summed E-state index contributed by atoms with van der Waals surface area (Å²) in [5, 5.41) is 0. The molecule has 74 valence electrons. The summed E-state index contributed by atoms with van der Waals surface area (Å²) < 4.78 is 0. The van der Waals surface area contributed by atoms with Gasteiger partial charge in [0, 0.05) is 5.41 Å². The first-order chi connectivity index (χ1) is 6.12. The van der Waals surface area contributed by atoms with Crippen molar-refractivity contribution in [2.24, 2.45) is 5.41 Å². The topological polar surface area (TPSA) is 0 Å². The molecule has 0 nitrogen and oxygen atoms in total. The molecule has 0 amide bonds. The van der Waals surface area contributed by atoms with Crippen LogP contribution in [0.3, 0.4) is 0 Å². The largest absolute Gasteiger partial charge is 0.0713 e. The van der Waals surface area contributed by atoms with Crippen LogP contribution in [0.25, 0.3) is 0 Å². The maximum atomic E-state index is 2.47. The highest BCUT2D eigenvalue weighted by Gasteiger charge is 2.27. The van der Waals surface area contributed by atoms with Crippen molar-refractivity contribution < 1.29 is 0 Å². The van der Waals surface area contributed by atoms with Crippen LogP contribution in [0.15, 0.2) is 23.3 Å². The number of allylic oxidation sites excluding steroid dienone is 4. The molecule has 0 aromatic heterocycles. The lowest BCUT2D eigenvalue weighted by atomic mass is 9.81. The van der Waals surface area contributed by atoms with Gasteiger partial charge in [0.15, 0.2) is 0 Å². The van der Waals surface area contributed by atoms with E-state index in [4.69, 9.17) is 0 Å². The van der Waals surface area contributed by atoms with Crippen LogP contribution in [0.5, 0.6) is 0 Å². The predicted octanol–water partition coefficient (Wildman–Crippen LogP) is 4.48. The van der Waals surface area contributed by atoms with Gasteiger partial charge in [0.25, 0.3) is 0 Å². The first-order valence-electron chi connectivity index (χ1n) is 5.53. The van der Waals surface area contributed by atoms with E-state index in [1.54, 1.807) is 5.57 Å². The van der Waals surface area contributed by atoms with Gasteiger partial charge in [0.1, 0.15) is 0 Å². The van der Waals surface area contributed by atoms with E-state index >= 15 is 0 Å². The summed E-state index contributed by atoms with van der Waals surface area (Å²) in [5.41, 5.74) is 3.45. The second-order valence-corrected chi connectivity index (χ2v) is 4.42. The van der Waals surface area contributed by atoms with Crippen LogP contribution in [0.1, 0.15) is 53.4 Å². The quantitative estimate of drug-likeness (QED) is 0.595. The fourth-order valence-electron chi connectivity index (χ4n) is 2.03.